The van der Waals surface area contributed by atoms with E-state index in [1.165, 1.54) is 18.0 Å². The quantitative estimate of drug-likeness (QED) is 0.865. The van der Waals surface area contributed by atoms with E-state index in [0.29, 0.717) is 5.22 Å². The van der Waals surface area contributed by atoms with Gasteiger partial charge in [0.15, 0.2) is 0 Å². The molecule has 1 atom stereocenters. The van der Waals surface area contributed by atoms with Gasteiger partial charge < -0.3 is 9.52 Å². The summed E-state index contributed by atoms with van der Waals surface area (Å²) in [5.74, 6) is 0. The molecule has 0 spiro atoms. The fourth-order valence-corrected chi connectivity index (χ4v) is 2.18. The summed E-state index contributed by atoms with van der Waals surface area (Å²) < 4.78 is 5.14. The van der Waals surface area contributed by atoms with Crippen LogP contribution in [0.4, 0.5) is 0 Å². The van der Waals surface area contributed by atoms with Gasteiger partial charge in [-0.2, -0.15) is 0 Å². The van der Waals surface area contributed by atoms with Crippen molar-refractivity contribution in [3.63, 3.8) is 0 Å². The minimum atomic E-state index is -0.483. The Labute approximate surface area is 92.1 Å². The third-order valence-corrected chi connectivity index (χ3v) is 2.94. The van der Waals surface area contributed by atoms with Gasteiger partial charge in [-0.05, 0) is 30.3 Å². The highest BCUT2D eigenvalue weighted by molar-refractivity contribution is 7.99. The predicted octanol–water partition coefficient (Wildman–Crippen LogP) is 2.88. The largest absolute Gasteiger partial charge is 0.440 e. The van der Waals surface area contributed by atoms with Crippen LogP contribution in [0, 0.1) is 0 Å². The molecule has 1 heterocycles. The van der Waals surface area contributed by atoms with E-state index in [0.717, 1.165) is 10.5 Å². The highest BCUT2D eigenvalue weighted by Crippen LogP contribution is 2.31. The molecule has 0 amide bonds. The molecule has 1 aromatic carbocycles. The number of aliphatic hydroxyl groups excluding tert-OH is 1. The van der Waals surface area contributed by atoms with Gasteiger partial charge in [0.2, 0.25) is 0 Å². The van der Waals surface area contributed by atoms with Gasteiger partial charge in [0.1, 0.15) is 6.26 Å². The molecular formula is C11H11NO2S. The van der Waals surface area contributed by atoms with Gasteiger partial charge in [-0.3, -0.25) is 0 Å². The van der Waals surface area contributed by atoms with E-state index in [1.807, 2.05) is 24.3 Å². The SMILES string of the molecule is C[C@H](O)c1ccccc1Sc1ncco1. The molecule has 1 N–H and O–H groups in total. The second-order valence-corrected chi connectivity index (χ2v) is 4.11. The molecular weight excluding hydrogens is 210 g/mol. The molecule has 0 aliphatic rings. The first kappa shape index (κ1) is 10.3. The molecule has 2 rings (SSSR count). The Hall–Kier alpha value is -1.26. The average molecular weight is 221 g/mol. The summed E-state index contributed by atoms with van der Waals surface area (Å²) in [5, 5.41) is 10.2. The minimum absolute atomic E-state index is 0.483. The summed E-state index contributed by atoms with van der Waals surface area (Å²) in [6.07, 6.45) is 2.66. The number of oxazole rings is 1. The second kappa shape index (κ2) is 4.51. The van der Waals surface area contributed by atoms with E-state index in [4.69, 9.17) is 4.42 Å². The van der Waals surface area contributed by atoms with Gasteiger partial charge in [0.05, 0.1) is 12.3 Å². The van der Waals surface area contributed by atoms with E-state index in [-0.39, 0.29) is 0 Å². The molecule has 2 aromatic rings. The second-order valence-electron chi connectivity index (χ2n) is 3.11. The van der Waals surface area contributed by atoms with E-state index in [9.17, 15) is 5.11 Å². The van der Waals surface area contributed by atoms with Crippen LogP contribution in [-0.4, -0.2) is 10.1 Å². The van der Waals surface area contributed by atoms with Crippen molar-refractivity contribution in [1.29, 1.82) is 0 Å². The highest BCUT2D eigenvalue weighted by Gasteiger charge is 2.10. The number of aliphatic hydroxyl groups is 1. The topological polar surface area (TPSA) is 46.3 Å². The van der Waals surface area contributed by atoms with Crippen LogP contribution in [0.5, 0.6) is 0 Å². The van der Waals surface area contributed by atoms with Gasteiger partial charge >= 0.3 is 0 Å². The number of hydrogen-bond donors (Lipinski definition) is 1. The number of rotatable bonds is 3. The molecule has 3 nitrogen and oxygen atoms in total. The molecule has 0 unspecified atom stereocenters. The standard InChI is InChI=1S/C11H11NO2S/c1-8(13)9-4-2-3-5-10(9)15-11-12-6-7-14-11/h2-8,13H,1H3/t8-/m0/s1. The van der Waals surface area contributed by atoms with E-state index in [1.54, 1.807) is 13.1 Å². The predicted molar refractivity (Wildman–Crippen MR) is 57.7 cm³/mol. The maximum absolute atomic E-state index is 9.57. The zero-order chi connectivity index (χ0) is 10.7. The van der Waals surface area contributed by atoms with Crippen molar-refractivity contribution in [3.05, 3.63) is 42.3 Å². The van der Waals surface area contributed by atoms with Gasteiger partial charge in [0, 0.05) is 4.90 Å². The van der Waals surface area contributed by atoms with Gasteiger partial charge in [0.25, 0.3) is 5.22 Å². The first-order chi connectivity index (χ1) is 7.27. The third-order valence-electron chi connectivity index (χ3n) is 1.98. The van der Waals surface area contributed by atoms with Crippen LogP contribution in [0.15, 0.2) is 51.3 Å². The van der Waals surface area contributed by atoms with Crippen LogP contribution in [0.2, 0.25) is 0 Å². The van der Waals surface area contributed by atoms with E-state index in [2.05, 4.69) is 4.98 Å². The van der Waals surface area contributed by atoms with Crippen molar-refractivity contribution in [2.75, 3.05) is 0 Å². The van der Waals surface area contributed by atoms with Crippen molar-refractivity contribution >= 4 is 11.8 Å². The van der Waals surface area contributed by atoms with Gasteiger partial charge in [-0.25, -0.2) is 4.98 Å². The summed E-state index contributed by atoms with van der Waals surface area (Å²) in [7, 11) is 0. The van der Waals surface area contributed by atoms with Gasteiger partial charge in [-0.15, -0.1) is 0 Å². The molecule has 4 heteroatoms. The van der Waals surface area contributed by atoms with Gasteiger partial charge in [-0.1, -0.05) is 18.2 Å². The van der Waals surface area contributed by atoms with Crippen molar-refractivity contribution in [2.24, 2.45) is 0 Å². The number of nitrogens with zero attached hydrogens (tertiary/aromatic N) is 1. The molecule has 1 aromatic heterocycles. The zero-order valence-corrected chi connectivity index (χ0v) is 9.07. The number of hydrogen-bond acceptors (Lipinski definition) is 4. The number of aromatic nitrogens is 1. The summed E-state index contributed by atoms with van der Waals surface area (Å²) >= 11 is 1.41. The summed E-state index contributed by atoms with van der Waals surface area (Å²) in [6.45, 7) is 1.74. The highest BCUT2D eigenvalue weighted by atomic mass is 32.2. The number of benzene rings is 1. The Morgan fingerprint density at radius 2 is 2.20 bits per heavy atom. The molecule has 0 bridgehead atoms. The molecule has 0 aliphatic carbocycles. The Bertz CT molecular complexity index is 426. The van der Waals surface area contributed by atoms with Crippen LogP contribution in [0.1, 0.15) is 18.6 Å². The molecule has 78 valence electrons. The lowest BCUT2D eigenvalue weighted by atomic mass is 10.1. The van der Waals surface area contributed by atoms with Crippen molar-refractivity contribution in [1.82, 2.24) is 4.98 Å². The smallest absolute Gasteiger partial charge is 0.260 e. The third kappa shape index (κ3) is 2.40. The molecule has 0 saturated heterocycles. The molecule has 0 saturated carbocycles. The maximum atomic E-state index is 9.57. The Kier molecular flexibility index (Phi) is 3.08. The summed E-state index contributed by atoms with van der Waals surface area (Å²) in [4.78, 5) is 4.99. The van der Waals surface area contributed by atoms with Crippen LogP contribution in [0.3, 0.4) is 0 Å². The summed E-state index contributed by atoms with van der Waals surface area (Å²) in [6, 6.07) is 7.67. The zero-order valence-electron chi connectivity index (χ0n) is 8.25. The molecule has 0 radical (unpaired) electrons. The van der Waals surface area contributed by atoms with Crippen molar-refractivity contribution in [2.45, 2.75) is 23.1 Å². The average Bonchev–Trinajstić information content (AvgIpc) is 2.71. The van der Waals surface area contributed by atoms with E-state index >= 15 is 0 Å². The van der Waals surface area contributed by atoms with Crippen molar-refractivity contribution < 1.29 is 9.52 Å². The molecule has 0 aliphatic heterocycles. The first-order valence-corrected chi connectivity index (χ1v) is 5.43. The Morgan fingerprint density at radius 3 is 2.87 bits per heavy atom. The van der Waals surface area contributed by atoms with E-state index < -0.39 is 6.10 Å². The Morgan fingerprint density at radius 1 is 1.40 bits per heavy atom. The lowest BCUT2D eigenvalue weighted by molar-refractivity contribution is 0.196. The van der Waals surface area contributed by atoms with Crippen LogP contribution in [-0.2, 0) is 0 Å². The lowest BCUT2D eigenvalue weighted by Gasteiger charge is -2.09. The minimum Gasteiger partial charge on any atom is -0.440 e. The maximum Gasteiger partial charge on any atom is 0.260 e. The Balaban J connectivity index is 2.28. The summed E-state index contributed by atoms with van der Waals surface area (Å²) in [5.41, 5.74) is 0.890. The van der Waals surface area contributed by atoms with Crippen LogP contribution < -0.4 is 0 Å². The normalized spacial score (nSPS) is 12.7. The molecule has 15 heavy (non-hydrogen) atoms. The fraction of sp³-hybridized carbons (Fsp3) is 0.182. The van der Waals surface area contributed by atoms with Crippen molar-refractivity contribution in [3.8, 4) is 0 Å². The van der Waals surface area contributed by atoms with Crippen LogP contribution in [0.25, 0.3) is 0 Å². The first-order valence-electron chi connectivity index (χ1n) is 4.61. The fourth-order valence-electron chi connectivity index (χ4n) is 1.27. The molecule has 0 fully saturated rings. The lowest BCUT2D eigenvalue weighted by Crippen LogP contribution is -1.93. The monoisotopic (exact) mass is 221 g/mol. The van der Waals surface area contributed by atoms with Crippen LogP contribution >= 0.6 is 11.8 Å².